The molecule has 2 heterocycles. The summed E-state index contributed by atoms with van der Waals surface area (Å²) in [5.41, 5.74) is 0. The fraction of sp³-hybridized carbons (Fsp3) is 0.522. The van der Waals surface area contributed by atoms with Gasteiger partial charge in [-0.1, -0.05) is 18.3 Å². The number of amides is 2. The van der Waals surface area contributed by atoms with Gasteiger partial charge in [0, 0.05) is 18.7 Å². The maximum absolute atomic E-state index is 13.2. The molecule has 2 aromatic rings. The Hall–Kier alpha value is -2.66. The Morgan fingerprint density at radius 2 is 2.06 bits per heavy atom. The SMILES string of the molecule is CC1CCC(N(CCCOc2ccc3c(c2)OCO3)C(=O)Nc2ncc(SCC(=O)O)s2)CC1. The molecule has 34 heavy (non-hydrogen) atoms. The molecular formula is C23H29N3O6S2. The molecule has 184 valence electrons. The van der Waals surface area contributed by atoms with E-state index in [2.05, 4.69) is 17.2 Å². The van der Waals surface area contributed by atoms with Gasteiger partial charge in [-0.2, -0.15) is 0 Å². The van der Waals surface area contributed by atoms with E-state index in [0.717, 1.165) is 29.9 Å². The first-order valence-corrected chi connectivity index (χ1v) is 13.2. The Labute approximate surface area is 206 Å². The molecule has 9 nitrogen and oxygen atoms in total. The third-order valence-corrected chi connectivity index (χ3v) is 7.97. The average Bonchev–Trinajstić information content (AvgIpc) is 3.47. The second-order valence-corrected chi connectivity index (χ2v) is 10.7. The van der Waals surface area contributed by atoms with Crippen molar-refractivity contribution in [3.05, 3.63) is 24.4 Å². The van der Waals surface area contributed by atoms with Crippen molar-refractivity contribution in [2.24, 2.45) is 5.92 Å². The number of carbonyl (C=O) groups is 2. The van der Waals surface area contributed by atoms with Crippen LogP contribution in [0.4, 0.5) is 9.93 Å². The van der Waals surface area contributed by atoms with Crippen molar-refractivity contribution < 1.29 is 28.9 Å². The molecule has 0 bridgehead atoms. The van der Waals surface area contributed by atoms with Crippen LogP contribution in [0.25, 0.3) is 0 Å². The average molecular weight is 508 g/mol. The molecule has 1 fully saturated rings. The standard InChI is InChI=1S/C23H29N3O6S2/c1-15-3-5-16(6-4-15)26(23(29)25-22-24-12-21(34-22)33-13-20(27)28)9-2-10-30-17-7-8-18-19(11-17)32-14-31-18/h7-8,11-12,15-16H,2-6,9-10,13-14H2,1H3,(H,27,28)(H,24,25,29). The van der Waals surface area contributed by atoms with Crippen molar-refractivity contribution in [2.75, 3.05) is 31.0 Å². The minimum Gasteiger partial charge on any atom is -0.493 e. The lowest BCUT2D eigenvalue weighted by atomic mass is 9.86. The van der Waals surface area contributed by atoms with Crippen LogP contribution in [0.2, 0.25) is 0 Å². The maximum atomic E-state index is 13.2. The summed E-state index contributed by atoms with van der Waals surface area (Å²) in [5.74, 6) is 1.87. The zero-order chi connectivity index (χ0) is 23.9. The number of nitrogens with zero attached hydrogens (tertiary/aromatic N) is 2. The number of urea groups is 1. The third kappa shape index (κ3) is 6.69. The van der Waals surface area contributed by atoms with Crippen LogP contribution in [0, 0.1) is 5.92 Å². The first-order valence-electron chi connectivity index (χ1n) is 11.4. The van der Waals surface area contributed by atoms with Crippen LogP contribution in [0.5, 0.6) is 17.2 Å². The number of aliphatic carboxylic acids is 1. The van der Waals surface area contributed by atoms with Gasteiger partial charge in [0.1, 0.15) is 5.75 Å². The molecular weight excluding hydrogens is 478 g/mol. The zero-order valence-corrected chi connectivity index (χ0v) is 20.7. The predicted octanol–water partition coefficient (Wildman–Crippen LogP) is 4.93. The highest BCUT2D eigenvalue weighted by Gasteiger charge is 2.28. The monoisotopic (exact) mass is 507 g/mol. The number of aromatic nitrogens is 1. The Morgan fingerprint density at radius 3 is 2.85 bits per heavy atom. The van der Waals surface area contributed by atoms with Gasteiger partial charge < -0.3 is 24.2 Å². The molecule has 0 atom stereocenters. The van der Waals surface area contributed by atoms with Crippen molar-refractivity contribution >= 4 is 40.2 Å². The van der Waals surface area contributed by atoms with Crippen LogP contribution in [0.1, 0.15) is 39.0 Å². The number of anilines is 1. The third-order valence-electron chi connectivity index (χ3n) is 5.88. The molecule has 11 heteroatoms. The van der Waals surface area contributed by atoms with E-state index in [9.17, 15) is 9.59 Å². The van der Waals surface area contributed by atoms with Crippen molar-refractivity contribution in [2.45, 2.75) is 49.3 Å². The molecule has 4 rings (SSSR count). The van der Waals surface area contributed by atoms with Gasteiger partial charge in [-0.25, -0.2) is 9.78 Å². The van der Waals surface area contributed by atoms with Gasteiger partial charge in [0.2, 0.25) is 6.79 Å². The van der Waals surface area contributed by atoms with E-state index >= 15 is 0 Å². The summed E-state index contributed by atoms with van der Waals surface area (Å²) >= 11 is 2.48. The number of rotatable bonds is 10. The number of hydrogen-bond acceptors (Lipinski definition) is 8. The number of nitrogens with one attached hydrogen (secondary N) is 1. The Balaban J connectivity index is 1.32. The van der Waals surface area contributed by atoms with Crippen molar-refractivity contribution in [3.8, 4) is 17.2 Å². The summed E-state index contributed by atoms with van der Waals surface area (Å²) in [6.45, 7) is 3.52. The fourth-order valence-electron chi connectivity index (χ4n) is 4.08. The highest BCUT2D eigenvalue weighted by Crippen LogP contribution is 2.35. The van der Waals surface area contributed by atoms with Crippen LogP contribution >= 0.6 is 23.1 Å². The van der Waals surface area contributed by atoms with E-state index in [1.807, 2.05) is 23.1 Å². The number of carboxylic acid groups (broad SMARTS) is 1. The highest BCUT2D eigenvalue weighted by molar-refractivity contribution is 8.01. The van der Waals surface area contributed by atoms with Crippen molar-refractivity contribution in [1.82, 2.24) is 9.88 Å². The van der Waals surface area contributed by atoms with E-state index < -0.39 is 5.97 Å². The Bertz CT molecular complexity index is 993. The van der Waals surface area contributed by atoms with Crippen LogP contribution < -0.4 is 19.5 Å². The van der Waals surface area contributed by atoms with E-state index in [1.54, 1.807) is 6.20 Å². The Morgan fingerprint density at radius 1 is 1.26 bits per heavy atom. The second-order valence-electron chi connectivity index (χ2n) is 8.42. The number of carboxylic acids is 1. The summed E-state index contributed by atoms with van der Waals surface area (Å²) in [4.78, 5) is 30.1. The van der Waals surface area contributed by atoms with Gasteiger partial charge >= 0.3 is 12.0 Å². The summed E-state index contributed by atoms with van der Waals surface area (Å²) in [6, 6.07) is 5.51. The fourth-order valence-corrected chi connectivity index (χ4v) is 5.66. The first kappa shape index (κ1) is 24.5. The van der Waals surface area contributed by atoms with Gasteiger partial charge in [-0.3, -0.25) is 10.1 Å². The van der Waals surface area contributed by atoms with Crippen LogP contribution in [-0.2, 0) is 4.79 Å². The first-order chi connectivity index (χ1) is 16.5. The molecule has 0 unspecified atom stereocenters. The second kappa shape index (κ2) is 11.7. The van der Waals surface area contributed by atoms with E-state index in [1.165, 1.54) is 23.1 Å². The van der Waals surface area contributed by atoms with Crippen molar-refractivity contribution in [3.63, 3.8) is 0 Å². The van der Waals surface area contributed by atoms with Crippen LogP contribution in [-0.4, -0.2) is 58.7 Å². The van der Waals surface area contributed by atoms with Crippen LogP contribution in [0.3, 0.4) is 0 Å². The summed E-state index contributed by atoms with van der Waals surface area (Å²) in [7, 11) is 0. The number of thiazole rings is 1. The lowest BCUT2D eigenvalue weighted by molar-refractivity contribution is -0.133. The number of carbonyl (C=O) groups excluding carboxylic acids is 1. The molecule has 2 N–H and O–H groups in total. The summed E-state index contributed by atoms with van der Waals surface area (Å²) in [5, 5.41) is 12.2. The Kier molecular flexibility index (Phi) is 8.39. The lowest BCUT2D eigenvalue weighted by Gasteiger charge is -2.36. The van der Waals surface area contributed by atoms with E-state index in [4.69, 9.17) is 19.3 Å². The zero-order valence-electron chi connectivity index (χ0n) is 19.0. The molecule has 1 aliphatic carbocycles. The van der Waals surface area contributed by atoms with Crippen LogP contribution in [0.15, 0.2) is 28.6 Å². The van der Waals surface area contributed by atoms with Crippen molar-refractivity contribution in [1.29, 1.82) is 0 Å². The largest absolute Gasteiger partial charge is 0.493 e. The number of fused-ring (bicyclic) bond motifs is 1. The summed E-state index contributed by atoms with van der Waals surface area (Å²) < 4.78 is 17.4. The topological polar surface area (TPSA) is 110 Å². The molecule has 0 radical (unpaired) electrons. The number of benzene rings is 1. The van der Waals surface area contributed by atoms with Gasteiger partial charge in [0.25, 0.3) is 0 Å². The highest BCUT2D eigenvalue weighted by atomic mass is 32.2. The molecule has 2 aliphatic rings. The molecule has 1 aromatic carbocycles. The maximum Gasteiger partial charge on any atom is 0.323 e. The molecule has 2 amide bonds. The molecule has 0 saturated heterocycles. The van der Waals surface area contributed by atoms with Gasteiger partial charge in [-0.15, -0.1) is 11.8 Å². The normalized spacial score (nSPS) is 19.0. The number of thioether (sulfide) groups is 1. The molecule has 1 saturated carbocycles. The van der Waals surface area contributed by atoms with Gasteiger partial charge in [-0.05, 0) is 50.2 Å². The smallest absolute Gasteiger partial charge is 0.323 e. The molecule has 1 aromatic heterocycles. The van der Waals surface area contributed by atoms with Gasteiger partial charge in [0.05, 0.1) is 22.8 Å². The minimum absolute atomic E-state index is 0.0364. The molecule has 1 aliphatic heterocycles. The quantitative estimate of drug-likeness (QED) is 0.344. The minimum atomic E-state index is -0.885. The number of hydrogen-bond donors (Lipinski definition) is 2. The molecule has 0 spiro atoms. The lowest BCUT2D eigenvalue weighted by Crippen LogP contribution is -2.45. The van der Waals surface area contributed by atoms with E-state index in [0.29, 0.717) is 47.9 Å². The van der Waals surface area contributed by atoms with E-state index in [-0.39, 0.29) is 24.6 Å². The van der Waals surface area contributed by atoms with Gasteiger partial charge in [0.15, 0.2) is 16.6 Å². The number of ether oxygens (including phenoxy) is 3. The predicted molar refractivity (Wildman–Crippen MR) is 130 cm³/mol. The summed E-state index contributed by atoms with van der Waals surface area (Å²) in [6.07, 6.45) is 6.46.